The lowest BCUT2D eigenvalue weighted by Gasteiger charge is -2.27. The average molecular weight is 434 g/mol. The van der Waals surface area contributed by atoms with Crippen molar-refractivity contribution in [3.05, 3.63) is 112 Å². The summed E-state index contributed by atoms with van der Waals surface area (Å²) in [5.41, 5.74) is 2.60. The maximum absolute atomic E-state index is 13.7. The lowest BCUT2D eigenvalue weighted by Crippen LogP contribution is -2.40. The van der Waals surface area contributed by atoms with Crippen molar-refractivity contribution in [3.8, 4) is 0 Å². The molecule has 0 bridgehead atoms. The summed E-state index contributed by atoms with van der Waals surface area (Å²) in [6.07, 6.45) is 1.94. The molecule has 3 aromatic carbocycles. The molecule has 28 heavy (non-hydrogen) atoms. The van der Waals surface area contributed by atoms with Crippen LogP contribution in [0.25, 0.3) is 5.70 Å². The van der Waals surface area contributed by atoms with Crippen molar-refractivity contribution in [2.45, 2.75) is 12.1 Å². The normalized spacial score (nSPS) is 19.0. The summed E-state index contributed by atoms with van der Waals surface area (Å²) in [5, 5.41) is 0. The number of hydrogen-bond acceptors (Lipinski definition) is 2. The molecule has 4 rings (SSSR count). The number of carbonyl (C=O) groups excluding carboxylic acids is 1. The minimum absolute atomic E-state index is 0.0806. The minimum Gasteiger partial charge on any atom is -0.359 e. The zero-order chi connectivity index (χ0) is 19.6. The Morgan fingerprint density at radius 3 is 2.11 bits per heavy atom. The maximum atomic E-state index is 13.7. The zero-order valence-electron chi connectivity index (χ0n) is 15.5. The van der Waals surface area contributed by atoms with Gasteiger partial charge in [-0.25, -0.2) is 0 Å². The lowest BCUT2D eigenvalue weighted by atomic mass is 9.93. The van der Waals surface area contributed by atoms with Crippen LogP contribution in [0.2, 0.25) is 0 Å². The number of ether oxygens (including phenoxy) is 1. The van der Waals surface area contributed by atoms with Gasteiger partial charge in [-0.2, -0.15) is 0 Å². The number of nitrogens with zero attached hydrogens (tertiary/aromatic N) is 1. The number of methoxy groups -OCH3 is 1. The van der Waals surface area contributed by atoms with E-state index in [1.165, 1.54) is 0 Å². The second-order valence-corrected chi connectivity index (χ2v) is 7.63. The van der Waals surface area contributed by atoms with Crippen LogP contribution in [0.3, 0.4) is 0 Å². The van der Waals surface area contributed by atoms with Gasteiger partial charge < -0.3 is 9.64 Å². The van der Waals surface area contributed by atoms with Gasteiger partial charge in [0.2, 0.25) is 0 Å². The van der Waals surface area contributed by atoms with Crippen LogP contribution in [-0.4, -0.2) is 17.9 Å². The van der Waals surface area contributed by atoms with E-state index < -0.39 is 5.60 Å². The predicted molar refractivity (Wildman–Crippen MR) is 114 cm³/mol. The molecule has 1 aliphatic heterocycles. The maximum Gasteiger partial charge on any atom is 0.268 e. The number of carbonyl (C=O) groups is 1. The van der Waals surface area contributed by atoms with Gasteiger partial charge in [0, 0.05) is 11.6 Å². The topological polar surface area (TPSA) is 29.5 Å². The molecule has 0 aromatic heterocycles. The Morgan fingerprint density at radius 2 is 1.50 bits per heavy atom. The first kappa shape index (κ1) is 18.7. The molecule has 0 saturated carbocycles. The predicted octanol–water partition coefficient (Wildman–Crippen LogP) is 5.37. The van der Waals surface area contributed by atoms with Gasteiger partial charge in [0.25, 0.3) is 5.91 Å². The molecule has 1 aliphatic rings. The molecule has 0 radical (unpaired) electrons. The molecule has 0 saturated heterocycles. The molecule has 3 nitrogen and oxygen atoms in total. The lowest BCUT2D eigenvalue weighted by molar-refractivity contribution is -0.144. The van der Waals surface area contributed by atoms with E-state index in [1.807, 2.05) is 95.9 Å². The summed E-state index contributed by atoms with van der Waals surface area (Å²) in [6.45, 7) is 0.486. The van der Waals surface area contributed by atoms with Crippen LogP contribution < -0.4 is 0 Å². The van der Waals surface area contributed by atoms with Gasteiger partial charge in [-0.05, 0) is 34.9 Å². The third-order valence-electron chi connectivity index (χ3n) is 5.04. The highest BCUT2D eigenvalue weighted by Crippen LogP contribution is 2.42. The number of halogens is 1. The van der Waals surface area contributed by atoms with Crippen LogP contribution in [0.4, 0.5) is 0 Å². The number of benzene rings is 3. The fourth-order valence-electron chi connectivity index (χ4n) is 3.58. The van der Waals surface area contributed by atoms with Crippen molar-refractivity contribution in [2.24, 2.45) is 0 Å². The highest BCUT2D eigenvalue weighted by atomic mass is 79.9. The zero-order valence-corrected chi connectivity index (χ0v) is 17.1. The first-order valence-electron chi connectivity index (χ1n) is 9.09. The van der Waals surface area contributed by atoms with Gasteiger partial charge in [0.15, 0.2) is 5.60 Å². The standard InChI is InChI=1S/C24H20BrNO2/c1-28-24(20-10-6-3-7-11-20)16-22(19-12-14-21(25)15-13-19)26(23(24)27)17-18-8-4-2-5-9-18/h2-16H,17H2,1H3/t24-/m0/s1. The molecule has 0 unspecified atom stereocenters. The van der Waals surface area contributed by atoms with Crippen LogP contribution in [-0.2, 0) is 21.7 Å². The first-order valence-corrected chi connectivity index (χ1v) is 9.89. The summed E-state index contributed by atoms with van der Waals surface area (Å²) < 4.78 is 6.86. The SMILES string of the molecule is CO[C@]1(c2ccccc2)C=C(c2ccc(Br)cc2)N(Cc2ccccc2)C1=O. The van der Waals surface area contributed by atoms with E-state index in [0.29, 0.717) is 6.54 Å². The monoisotopic (exact) mass is 433 g/mol. The molecule has 0 fully saturated rings. The number of hydrogen-bond donors (Lipinski definition) is 0. The molecule has 1 amide bonds. The van der Waals surface area contributed by atoms with Crippen LogP contribution in [0.5, 0.6) is 0 Å². The Balaban J connectivity index is 1.83. The summed E-state index contributed by atoms with van der Waals surface area (Å²) in [4.78, 5) is 15.5. The van der Waals surface area contributed by atoms with Gasteiger partial charge in [-0.15, -0.1) is 0 Å². The second-order valence-electron chi connectivity index (χ2n) is 6.72. The van der Waals surface area contributed by atoms with E-state index in [9.17, 15) is 4.79 Å². The highest BCUT2D eigenvalue weighted by Gasteiger charge is 2.48. The highest BCUT2D eigenvalue weighted by molar-refractivity contribution is 9.10. The number of amides is 1. The van der Waals surface area contributed by atoms with Gasteiger partial charge in [-0.3, -0.25) is 4.79 Å². The molecule has 1 atom stereocenters. The Morgan fingerprint density at radius 1 is 0.893 bits per heavy atom. The van der Waals surface area contributed by atoms with Gasteiger partial charge in [-0.1, -0.05) is 88.7 Å². The van der Waals surface area contributed by atoms with Crippen LogP contribution in [0, 0.1) is 0 Å². The Hall–Kier alpha value is -2.69. The van der Waals surface area contributed by atoms with Crippen molar-refractivity contribution in [2.75, 3.05) is 7.11 Å². The van der Waals surface area contributed by atoms with Crippen molar-refractivity contribution < 1.29 is 9.53 Å². The van der Waals surface area contributed by atoms with E-state index in [-0.39, 0.29) is 5.91 Å². The quantitative estimate of drug-likeness (QED) is 0.540. The largest absolute Gasteiger partial charge is 0.359 e. The van der Waals surface area contributed by atoms with Crippen molar-refractivity contribution >= 4 is 27.5 Å². The second kappa shape index (κ2) is 7.74. The Labute approximate surface area is 173 Å². The smallest absolute Gasteiger partial charge is 0.268 e. The molecule has 140 valence electrons. The summed E-state index contributed by atoms with van der Waals surface area (Å²) >= 11 is 3.48. The van der Waals surface area contributed by atoms with E-state index >= 15 is 0 Å². The van der Waals surface area contributed by atoms with Crippen molar-refractivity contribution in [3.63, 3.8) is 0 Å². The summed E-state index contributed by atoms with van der Waals surface area (Å²) in [6, 6.07) is 27.7. The van der Waals surface area contributed by atoms with Gasteiger partial charge in [0.05, 0.1) is 12.2 Å². The fraction of sp³-hybridized carbons (Fsp3) is 0.125. The average Bonchev–Trinajstić information content (AvgIpc) is 3.03. The summed E-state index contributed by atoms with van der Waals surface area (Å²) in [7, 11) is 1.59. The molecule has 0 spiro atoms. The van der Waals surface area contributed by atoms with Gasteiger partial charge in [0.1, 0.15) is 0 Å². The Kier molecular flexibility index (Phi) is 5.16. The molecular formula is C24H20BrNO2. The van der Waals surface area contributed by atoms with E-state index in [4.69, 9.17) is 4.74 Å². The van der Waals surface area contributed by atoms with Crippen molar-refractivity contribution in [1.82, 2.24) is 4.90 Å². The fourth-order valence-corrected chi connectivity index (χ4v) is 3.85. The van der Waals surface area contributed by atoms with E-state index in [1.54, 1.807) is 7.11 Å². The van der Waals surface area contributed by atoms with Crippen LogP contribution in [0.15, 0.2) is 95.5 Å². The van der Waals surface area contributed by atoms with Crippen LogP contribution in [0.1, 0.15) is 16.7 Å². The van der Waals surface area contributed by atoms with Crippen molar-refractivity contribution in [1.29, 1.82) is 0 Å². The molecule has 3 aromatic rings. The minimum atomic E-state index is -1.13. The van der Waals surface area contributed by atoms with E-state index in [0.717, 1.165) is 26.9 Å². The third kappa shape index (κ3) is 3.30. The first-order chi connectivity index (χ1) is 13.6. The molecule has 0 aliphatic carbocycles. The molecule has 0 N–H and O–H groups in total. The summed E-state index contributed by atoms with van der Waals surface area (Å²) in [5.74, 6) is -0.0806. The third-order valence-corrected chi connectivity index (χ3v) is 5.57. The van der Waals surface area contributed by atoms with E-state index in [2.05, 4.69) is 15.9 Å². The Bertz CT molecular complexity index is 1000. The number of rotatable bonds is 5. The molecular weight excluding hydrogens is 414 g/mol. The van der Waals surface area contributed by atoms with Gasteiger partial charge >= 0.3 is 0 Å². The molecule has 4 heteroatoms. The van der Waals surface area contributed by atoms with Crippen LogP contribution >= 0.6 is 15.9 Å². The molecule has 1 heterocycles.